The van der Waals surface area contributed by atoms with E-state index in [0.29, 0.717) is 0 Å². The Morgan fingerprint density at radius 2 is 1.92 bits per heavy atom. The highest BCUT2D eigenvalue weighted by atomic mass is 32.2. The minimum Gasteiger partial charge on any atom is -0.314 e. The van der Waals surface area contributed by atoms with E-state index in [1.54, 1.807) is 11.8 Å². The Balaban J connectivity index is 2.72. The van der Waals surface area contributed by atoms with Crippen LogP contribution in [0.5, 0.6) is 0 Å². The molecule has 1 aromatic rings. The van der Waals surface area contributed by atoms with Gasteiger partial charge >= 0.3 is 0 Å². The number of nitrogens with two attached hydrogens (primary N) is 1. The number of rotatable bonds is 0. The standard InChI is InChI=1S/C10H11NS/c1-10(11)6-8-4-2-3-5-9(8)7-12-10/h2-7H,11H2,1H3. The molecule has 0 aliphatic carbocycles. The second-order valence-electron chi connectivity index (χ2n) is 3.19. The van der Waals surface area contributed by atoms with Crippen LogP contribution in [0.3, 0.4) is 0 Å². The van der Waals surface area contributed by atoms with Crippen LogP contribution in [-0.4, -0.2) is 4.87 Å². The van der Waals surface area contributed by atoms with Crippen molar-refractivity contribution in [3.63, 3.8) is 0 Å². The van der Waals surface area contributed by atoms with Crippen molar-refractivity contribution in [2.75, 3.05) is 0 Å². The van der Waals surface area contributed by atoms with Crippen LogP contribution >= 0.6 is 11.8 Å². The molecule has 0 fully saturated rings. The fourth-order valence-corrected chi connectivity index (χ4v) is 2.07. The highest BCUT2D eigenvalue weighted by Gasteiger charge is 2.15. The van der Waals surface area contributed by atoms with Crippen molar-refractivity contribution < 1.29 is 0 Å². The van der Waals surface area contributed by atoms with Crippen LogP contribution in [0.2, 0.25) is 0 Å². The Hall–Kier alpha value is -0.730. The van der Waals surface area contributed by atoms with Gasteiger partial charge in [-0.05, 0) is 28.8 Å². The Labute approximate surface area is 76.0 Å². The van der Waals surface area contributed by atoms with Crippen LogP contribution in [0.1, 0.15) is 6.92 Å². The molecular formula is C10H11NS. The molecule has 0 spiro atoms. The molecule has 1 atom stereocenters. The molecule has 2 N–H and O–H groups in total. The summed E-state index contributed by atoms with van der Waals surface area (Å²) >= 11 is 1.66. The highest BCUT2D eigenvalue weighted by Crippen LogP contribution is 2.22. The third kappa shape index (κ3) is 1.40. The number of thioether (sulfide) groups is 1. The van der Waals surface area contributed by atoms with E-state index in [1.165, 1.54) is 10.4 Å². The lowest BCUT2D eigenvalue weighted by Crippen LogP contribution is -2.38. The molecule has 1 aliphatic rings. The Bertz CT molecular complexity index is 406. The van der Waals surface area contributed by atoms with Gasteiger partial charge in [-0.25, -0.2) is 0 Å². The fraction of sp³-hybridized carbons (Fsp3) is 0.200. The van der Waals surface area contributed by atoms with Crippen molar-refractivity contribution in [3.05, 3.63) is 34.7 Å². The van der Waals surface area contributed by atoms with Crippen molar-refractivity contribution in [2.45, 2.75) is 11.8 Å². The average molecular weight is 177 g/mol. The predicted molar refractivity (Wildman–Crippen MR) is 54.8 cm³/mol. The van der Waals surface area contributed by atoms with E-state index in [-0.39, 0.29) is 4.87 Å². The molecular weight excluding hydrogens is 166 g/mol. The van der Waals surface area contributed by atoms with Crippen molar-refractivity contribution in [1.82, 2.24) is 0 Å². The maximum absolute atomic E-state index is 5.97. The van der Waals surface area contributed by atoms with E-state index in [2.05, 4.69) is 23.6 Å². The van der Waals surface area contributed by atoms with Crippen LogP contribution in [0.4, 0.5) is 0 Å². The van der Waals surface area contributed by atoms with E-state index < -0.39 is 0 Å². The molecule has 2 rings (SSSR count). The number of hydrogen-bond acceptors (Lipinski definition) is 2. The summed E-state index contributed by atoms with van der Waals surface area (Å²) < 4.78 is 0. The minimum absolute atomic E-state index is 0.242. The van der Waals surface area contributed by atoms with Crippen molar-refractivity contribution in [1.29, 1.82) is 0 Å². The second-order valence-corrected chi connectivity index (χ2v) is 4.54. The SMILES string of the molecule is CC1(N)C=c2ccccc2=CS1. The molecule has 1 aromatic carbocycles. The smallest absolute Gasteiger partial charge is 0.0827 e. The quantitative estimate of drug-likeness (QED) is 0.629. The molecule has 1 nitrogen and oxygen atoms in total. The van der Waals surface area contributed by atoms with Gasteiger partial charge < -0.3 is 5.73 Å². The monoisotopic (exact) mass is 177 g/mol. The van der Waals surface area contributed by atoms with Gasteiger partial charge in [-0.1, -0.05) is 24.3 Å². The average Bonchev–Trinajstić information content (AvgIpc) is 2.02. The fourth-order valence-electron chi connectivity index (χ4n) is 1.28. The molecule has 1 unspecified atom stereocenters. The maximum atomic E-state index is 5.97. The molecule has 1 aliphatic heterocycles. The van der Waals surface area contributed by atoms with E-state index >= 15 is 0 Å². The lowest BCUT2D eigenvalue weighted by Gasteiger charge is -2.19. The van der Waals surface area contributed by atoms with Gasteiger partial charge in [0.05, 0.1) is 4.87 Å². The molecule has 0 aromatic heterocycles. The second kappa shape index (κ2) is 2.64. The van der Waals surface area contributed by atoms with Gasteiger partial charge in [0, 0.05) is 0 Å². The molecule has 62 valence electrons. The molecule has 0 radical (unpaired) electrons. The Morgan fingerprint density at radius 1 is 1.25 bits per heavy atom. The van der Waals surface area contributed by atoms with Gasteiger partial charge in [-0.2, -0.15) is 0 Å². The lowest BCUT2D eigenvalue weighted by atomic mass is 10.2. The molecule has 0 saturated heterocycles. The number of benzene rings is 1. The summed E-state index contributed by atoms with van der Waals surface area (Å²) in [6.07, 6.45) is 2.10. The maximum Gasteiger partial charge on any atom is 0.0827 e. The summed E-state index contributed by atoms with van der Waals surface area (Å²) in [5.74, 6) is 0. The minimum atomic E-state index is -0.242. The number of fused-ring (bicyclic) bond motifs is 1. The van der Waals surface area contributed by atoms with Crippen LogP contribution < -0.4 is 16.2 Å². The zero-order valence-electron chi connectivity index (χ0n) is 6.95. The Morgan fingerprint density at radius 3 is 2.67 bits per heavy atom. The summed E-state index contributed by atoms with van der Waals surface area (Å²) in [5, 5.41) is 4.63. The predicted octanol–water partition coefficient (Wildman–Crippen LogP) is 0.627. The van der Waals surface area contributed by atoms with Crippen LogP contribution in [-0.2, 0) is 0 Å². The highest BCUT2D eigenvalue weighted by molar-refractivity contribution is 8.08. The molecule has 0 saturated carbocycles. The largest absolute Gasteiger partial charge is 0.314 e. The first kappa shape index (κ1) is 7.90. The summed E-state index contributed by atoms with van der Waals surface area (Å²) in [7, 11) is 0. The first-order valence-electron chi connectivity index (χ1n) is 3.92. The zero-order valence-corrected chi connectivity index (χ0v) is 7.77. The van der Waals surface area contributed by atoms with Crippen molar-refractivity contribution in [2.24, 2.45) is 5.73 Å². The lowest BCUT2D eigenvalue weighted by molar-refractivity contribution is 0.895. The third-order valence-electron chi connectivity index (χ3n) is 1.88. The zero-order chi connectivity index (χ0) is 8.60. The van der Waals surface area contributed by atoms with Crippen molar-refractivity contribution >= 4 is 23.2 Å². The molecule has 0 bridgehead atoms. The van der Waals surface area contributed by atoms with Gasteiger partial charge in [0.2, 0.25) is 0 Å². The van der Waals surface area contributed by atoms with Gasteiger partial charge in [-0.15, -0.1) is 11.8 Å². The van der Waals surface area contributed by atoms with Crippen molar-refractivity contribution in [3.8, 4) is 0 Å². The molecule has 12 heavy (non-hydrogen) atoms. The first-order chi connectivity index (χ1) is 5.67. The van der Waals surface area contributed by atoms with E-state index in [0.717, 1.165) is 0 Å². The van der Waals surface area contributed by atoms with Crippen LogP contribution in [0, 0.1) is 0 Å². The van der Waals surface area contributed by atoms with Crippen LogP contribution in [0.15, 0.2) is 24.3 Å². The molecule has 0 amide bonds. The summed E-state index contributed by atoms with van der Waals surface area (Å²) in [4.78, 5) is -0.242. The topological polar surface area (TPSA) is 26.0 Å². The van der Waals surface area contributed by atoms with Gasteiger partial charge in [0.15, 0.2) is 0 Å². The first-order valence-corrected chi connectivity index (χ1v) is 4.80. The molecule has 2 heteroatoms. The normalized spacial score (nSPS) is 26.8. The summed E-state index contributed by atoms with van der Waals surface area (Å²) in [6, 6.07) is 8.28. The third-order valence-corrected chi connectivity index (χ3v) is 2.88. The Kier molecular flexibility index (Phi) is 1.74. The van der Waals surface area contributed by atoms with E-state index in [9.17, 15) is 0 Å². The summed E-state index contributed by atoms with van der Waals surface area (Å²) in [5.41, 5.74) is 5.97. The van der Waals surface area contributed by atoms with Crippen LogP contribution in [0.25, 0.3) is 11.5 Å². The van der Waals surface area contributed by atoms with Gasteiger partial charge in [-0.3, -0.25) is 0 Å². The van der Waals surface area contributed by atoms with E-state index in [4.69, 9.17) is 5.73 Å². The van der Waals surface area contributed by atoms with E-state index in [1.807, 2.05) is 19.1 Å². The van der Waals surface area contributed by atoms with Gasteiger partial charge in [0.25, 0.3) is 0 Å². The number of hydrogen-bond donors (Lipinski definition) is 1. The molecule has 1 heterocycles. The summed E-state index contributed by atoms with van der Waals surface area (Å²) in [6.45, 7) is 2.02. The van der Waals surface area contributed by atoms with Gasteiger partial charge in [0.1, 0.15) is 0 Å².